The minimum Gasteiger partial charge on any atom is -0.347 e. The van der Waals surface area contributed by atoms with Crippen LogP contribution in [0.5, 0.6) is 0 Å². The van der Waals surface area contributed by atoms with Crippen LogP contribution in [-0.4, -0.2) is 9.49 Å². The van der Waals surface area contributed by atoms with Crippen LogP contribution >= 0.6 is 0 Å². The van der Waals surface area contributed by atoms with E-state index in [9.17, 15) is 10.1 Å². The number of nitro groups is 1. The van der Waals surface area contributed by atoms with Gasteiger partial charge in [0.05, 0.1) is 10.4 Å². The lowest BCUT2D eigenvalue weighted by atomic mass is 10.1. The molecule has 0 radical (unpaired) electrons. The Morgan fingerprint density at radius 3 is 2.71 bits per heavy atom. The van der Waals surface area contributed by atoms with Crippen LogP contribution in [0.2, 0.25) is 0 Å². The first-order valence-electron chi connectivity index (χ1n) is 5.38. The zero-order valence-corrected chi connectivity index (χ0v) is 10.1. The van der Waals surface area contributed by atoms with Crippen molar-refractivity contribution in [2.75, 3.05) is 0 Å². The summed E-state index contributed by atoms with van der Waals surface area (Å²) in [4.78, 5) is 9.93. The quantitative estimate of drug-likeness (QED) is 0.588. The Hall–Kier alpha value is -2.10. The van der Waals surface area contributed by atoms with Crippen molar-refractivity contribution in [2.24, 2.45) is 7.05 Å². The van der Waals surface area contributed by atoms with E-state index in [1.807, 2.05) is 25.2 Å². The molecule has 0 aliphatic carbocycles. The summed E-state index contributed by atoms with van der Waals surface area (Å²) in [5.74, 6) is 0. The summed E-state index contributed by atoms with van der Waals surface area (Å²) in [5, 5.41) is 11.5. The molecule has 4 nitrogen and oxygen atoms in total. The van der Waals surface area contributed by atoms with Gasteiger partial charge >= 0.3 is 0 Å². The molecule has 4 heteroatoms. The topological polar surface area (TPSA) is 48.1 Å². The first-order valence-corrected chi connectivity index (χ1v) is 5.38. The number of fused-ring (bicyclic) bond motifs is 1. The largest absolute Gasteiger partial charge is 0.347 e. The average molecular weight is 230 g/mol. The van der Waals surface area contributed by atoms with Gasteiger partial charge < -0.3 is 4.57 Å². The summed E-state index contributed by atoms with van der Waals surface area (Å²) in [6.45, 7) is 4.12. The Bertz CT molecular complexity index is 624. The molecule has 0 spiro atoms. The minimum atomic E-state index is -0.443. The molecule has 17 heavy (non-hydrogen) atoms. The van der Waals surface area contributed by atoms with Gasteiger partial charge in [-0.3, -0.25) is 10.1 Å². The average Bonchev–Trinajstić information content (AvgIpc) is 2.52. The van der Waals surface area contributed by atoms with Crippen molar-refractivity contribution >= 4 is 17.0 Å². The number of hydrogen-bond donors (Lipinski definition) is 0. The lowest BCUT2D eigenvalue weighted by Crippen LogP contribution is -1.92. The van der Waals surface area contributed by atoms with Crippen LogP contribution < -0.4 is 0 Å². The molecule has 1 heterocycles. The molecule has 0 aliphatic heterocycles. The Morgan fingerprint density at radius 2 is 2.06 bits per heavy atom. The normalized spacial score (nSPS) is 11.5. The Balaban J connectivity index is 2.73. The second-order valence-corrected chi connectivity index (χ2v) is 4.11. The van der Waals surface area contributed by atoms with Crippen molar-refractivity contribution in [2.45, 2.75) is 13.8 Å². The molecule has 0 fully saturated rings. The second-order valence-electron chi connectivity index (χ2n) is 4.11. The molecule has 0 saturated carbocycles. The maximum Gasteiger partial charge on any atom is 0.235 e. The highest BCUT2D eigenvalue weighted by Gasteiger charge is 2.10. The Kier molecular flexibility index (Phi) is 2.71. The van der Waals surface area contributed by atoms with Crippen molar-refractivity contribution in [3.05, 3.63) is 51.3 Å². The standard InChI is InChI=1S/C13H14N2O2/c1-9-10(2)14(3)13-11(7-8-15(16)17)5-4-6-12(9)13/h4-8H,1-3H3/b8-7+. The molecule has 0 N–H and O–H groups in total. The lowest BCUT2D eigenvalue weighted by Gasteiger charge is -2.01. The van der Waals surface area contributed by atoms with Gasteiger partial charge in [0.2, 0.25) is 6.20 Å². The Morgan fingerprint density at radius 1 is 1.35 bits per heavy atom. The zero-order chi connectivity index (χ0) is 12.6. The SMILES string of the molecule is Cc1c(C)n(C)c2c(/C=C/[N+](=O)[O-])cccc12. The molecule has 0 saturated heterocycles. The van der Waals surface area contributed by atoms with E-state index in [0.717, 1.165) is 22.7 Å². The number of para-hydroxylation sites is 1. The van der Waals surface area contributed by atoms with Gasteiger partial charge in [-0.25, -0.2) is 0 Å². The third kappa shape index (κ3) is 1.82. The summed E-state index contributed by atoms with van der Waals surface area (Å²) in [7, 11) is 1.98. The highest BCUT2D eigenvalue weighted by atomic mass is 16.6. The summed E-state index contributed by atoms with van der Waals surface area (Å²) in [6, 6.07) is 5.86. The monoisotopic (exact) mass is 230 g/mol. The first kappa shape index (κ1) is 11.4. The number of aryl methyl sites for hydroxylation is 2. The molecule has 1 aromatic heterocycles. The van der Waals surface area contributed by atoms with Crippen LogP contribution in [0.15, 0.2) is 24.4 Å². The van der Waals surface area contributed by atoms with Gasteiger partial charge in [0, 0.05) is 29.8 Å². The van der Waals surface area contributed by atoms with Gasteiger partial charge in [-0.1, -0.05) is 18.2 Å². The molecule has 2 aromatic rings. The van der Waals surface area contributed by atoms with Gasteiger partial charge in [-0.05, 0) is 19.4 Å². The summed E-state index contributed by atoms with van der Waals surface area (Å²) < 4.78 is 2.07. The number of hydrogen-bond acceptors (Lipinski definition) is 2. The van der Waals surface area contributed by atoms with Crippen molar-refractivity contribution in [3.63, 3.8) is 0 Å². The van der Waals surface area contributed by atoms with Gasteiger partial charge in [0.1, 0.15) is 0 Å². The first-order chi connectivity index (χ1) is 8.02. The van der Waals surface area contributed by atoms with Crippen LogP contribution in [0.1, 0.15) is 16.8 Å². The number of aromatic nitrogens is 1. The molecule has 1 aromatic carbocycles. The van der Waals surface area contributed by atoms with Gasteiger partial charge in [-0.2, -0.15) is 0 Å². The van der Waals surface area contributed by atoms with Crippen molar-refractivity contribution < 1.29 is 4.92 Å². The van der Waals surface area contributed by atoms with E-state index < -0.39 is 4.92 Å². The fourth-order valence-corrected chi connectivity index (χ4v) is 2.13. The van der Waals surface area contributed by atoms with E-state index in [0.29, 0.717) is 0 Å². The molecule has 0 unspecified atom stereocenters. The number of benzene rings is 1. The number of nitrogens with zero attached hydrogens (tertiary/aromatic N) is 2. The maximum absolute atomic E-state index is 10.4. The smallest absolute Gasteiger partial charge is 0.235 e. The lowest BCUT2D eigenvalue weighted by molar-refractivity contribution is -0.400. The summed E-state index contributed by atoms with van der Waals surface area (Å²) in [5.41, 5.74) is 4.32. The fourth-order valence-electron chi connectivity index (χ4n) is 2.13. The third-order valence-electron chi connectivity index (χ3n) is 3.23. The number of rotatable bonds is 2. The predicted molar refractivity (Wildman–Crippen MR) is 68.4 cm³/mol. The predicted octanol–water partition coefficient (Wildman–Crippen LogP) is 3.04. The van der Waals surface area contributed by atoms with Gasteiger partial charge in [-0.15, -0.1) is 0 Å². The molecule has 0 atom stereocenters. The molecule has 2 rings (SSSR count). The van der Waals surface area contributed by atoms with E-state index in [4.69, 9.17) is 0 Å². The van der Waals surface area contributed by atoms with Crippen LogP contribution in [0, 0.1) is 24.0 Å². The molecule has 0 amide bonds. The molecular weight excluding hydrogens is 216 g/mol. The minimum absolute atomic E-state index is 0.443. The Labute approximate surface area is 99.3 Å². The molecular formula is C13H14N2O2. The third-order valence-corrected chi connectivity index (χ3v) is 3.23. The van der Waals surface area contributed by atoms with Crippen LogP contribution in [-0.2, 0) is 7.05 Å². The van der Waals surface area contributed by atoms with Crippen LogP contribution in [0.4, 0.5) is 0 Å². The summed E-state index contributed by atoms with van der Waals surface area (Å²) >= 11 is 0. The molecule has 88 valence electrons. The summed E-state index contributed by atoms with van der Waals surface area (Å²) in [6.07, 6.45) is 2.52. The van der Waals surface area contributed by atoms with Crippen molar-refractivity contribution in [3.8, 4) is 0 Å². The second kappa shape index (κ2) is 4.05. The van der Waals surface area contributed by atoms with Gasteiger partial charge in [0.25, 0.3) is 0 Å². The van der Waals surface area contributed by atoms with E-state index in [1.165, 1.54) is 11.3 Å². The van der Waals surface area contributed by atoms with E-state index >= 15 is 0 Å². The van der Waals surface area contributed by atoms with E-state index in [2.05, 4.69) is 18.4 Å². The van der Waals surface area contributed by atoms with Crippen LogP contribution in [0.25, 0.3) is 17.0 Å². The molecule has 0 bridgehead atoms. The highest BCUT2D eigenvalue weighted by molar-refractivity contribution is 5.91. The highest BCUT2D eigenvalue weighted by Crippen LogP contribution is 2.27. The van der Waals surface area contributed by atoms with Crippen molar-refractivity contribution in [1.29, 1.82) is 0 Å². The zero-order valence-electron chi connectivity index (χ0n) is 10.1. The fraction of sp³-hybridized carbons (Fsp3) is 0.231. The van der Waals surface area contributed by atoms with Crippen LogP contribution in [0.3, 0.4) is 0 Å². The van der Waals surface area contributed by atoms with Crippen molar-refractivity contribution in [1.82, 2.24) is 4.57 Å². The maximum atomic E-state index is 10.4. The van der Waals surface area contributed by atoms with Gasteiger partial charge in [0.15, 0.2) is 0 Å². The van der Waals surface area contributed by atoms with E-state index in [1.54, 1.807) is 6.08 Å². The molecule has 0 aliphatic rings. The van der Waals surface area contributed by atoms with E-state index in [-0.39, 0.29) is 0 Å².